The number of rotatable bonds is 5. The summed E-state index contributed by atoms with van der Waals surface area (Å²) >= 11 is 1.77. The van der Waals surface area contributed by atoms with Crippen LogP contribution in [0.1, 0.15) is 40.0 Å². The summed E-state index contributed by atoms with van der Waals surface area (Å²) in [5.41, 5.74) is 0.0888. The van der Waals surface area contributed by atoms with Gasteiger partial charge in [0.2, 0.25) is 0 Å². The smallest absolute Gasteiger partial charge is 0.168 e. The first-order chi connectivity index (χ1) is 7.55. The van der Waals surface area contributed by atoms with Crippen molar-refractivity contribution in [1.82, 2.24) is 9.55 Å². The first-order valence-electron chi connectivity index (χ1n) is 5.59. The minimum absolute atomic E-state index is 0.0888. The molecule has 0 amide bonds. The van der Waals surface area contributed by atoms with Crippen LogP contribution in [0.5, 0.6) is 0 Å². The number of hydrogen-bond acceptors (Lipinski definition) is 3. The second kappa shape index (κ2) is 5.95. The molecule has 0 fully saturated rings. The van der Waals surface area contributed by atoms with Crippen molar-refractivity contribution in [2.45, 2.75) is 50.7 Å². The molecule has 0 aliphatic heterocycles. The molecule has 0 bridgehead atoms. The van der Waals surface area contributed by atoms with E-state index in [1.54, 1.807) is 11.8 Å². The van der Waals surface area contributed by atoms with E-state index < -0.39 is 0 Å². The van der Waals surface area contributed by atoms with Gasteiger partial charge in [-0.25, -0.2) is 4.98 Å². The fourth-order valence-electron chi connectivity index (χ4n) is 1.38. The number of hydrogen-bond donors (Lipinski definition) is 0. The summed E-state index contributed by atoms with van der Waals surface area (Å²) in [6, 6.07) is 2.17. The molecule has 0 aromatic carbocycles. The van der Waals surface area contributed by atoms with Crippen molar-refractivity contribution in [3.8, 4) is 6.07 Å². The molecule has 0 saturated heterocycles. The standard InChI is InChI=1S/C12H19N3S/c1-12(2,3)15-9-8-14-11(15)16-10-6-4-5-7-13/h8-9H,4-6,10H2,1-3H3. The van der Waals surface area contributed by atoms with Crippen LogP contribution in [0.15, 0.2) is 17.6 Å². The minimum Gasteiger partial charge on any atom is -0.321 e. The highest BCUT2D eigenvalue weighted by molar-refractivity contribution is 7.99. The number of unbranched alkanes of at least 4 members (excludes halogenated alkanes) is 2. The van der Waals surface area contributed by atoms with E-state index in [0.29, 0.717) is 6.42 Å². The molecular formula is C12H19N3S. The Hall–Kier alpha value is -0.950. The van der Waals surface area contributed by atoms with Crippen LogP contribution in [0.4, 0.5) is 0 Å². The second-order valence-corrected chi connectivity index (χ2v) is 5.78. The van der Waals surface area contributed by atoms with Gasteiger partial charge >= 0.3 is 0 Å². The van der Waals surface area contributed by atoms with Crippen molar-refractivity contribution in [3.05, 3.63) is 12.4 Å². The van der Waals surface area contributed by atoms with Gasteiger partial charge in [-0.2, -0.15) is 5.26 Å². The average molecular weight is 237 g/mol. The molecule has 0 atom stereocenters. The van der Waals surface area contributed by atoms with Crippen molar-refractivity contribution in [2.75, 3.05) is 5.75 Å². The molecule has 4 heteroatoms. The summed E-state index contributed by atoms with van der Waals surface area (Å²) in [4.78, 5) is 4.36. The van der Waals surface area contributed by atoms with Crippen LogP contribution in [-0.2, 0) is 5.54 Å². The average Bonchev–Trinajstić information content (AvgIpc) is 2.65. The van der Waals surface area contributed by atoms with Crippen LogP contribution in [0.2, 0.25) is 0 Å². The Labute approximate surface area is 102 Å². The molecule has 0 N–H and O–H groups in total. The van der Waals surface area contributed by atoms with Crippen LogP contribution in [-0.4, -0.2) is 15.3 Å². The van der Waals surface area contributed by atoms with Gasteiger partial charge in [0.25, 0.3) is 0 Å². The predicted molar refractivity (Wildman–Crippen MR) is 67.4 cm³/mol. The summed E-state index contributed by atoms with van der Waals surface area (Å²) in [5, 5.41) is 9.50. The van der Waals surface area contributed by atoms with E-state index >= 15 is 0 Å². The Morgan fingerprint density at radius 2 is 2.19 bits per heavy atom. The Balaban J connectivity index is 2.43. The van der Waals surface area contributed by atoms with E-state index in [9.17, 15) is 0 Å². The van der Waals surface area contributed by atoms with Gasteiger partial charge < -0.3 is 4.57 Å². The molecule has 16 heavy (non-hydrogen) atoms. The highest BCUT2D eigenvalue weighted by atomic mass is 32.2. The maximum Gasteiger partial charge on any atom is 0.168 e. The normalized spacial score (nSPS) is 11.4. The van der Waals surface area contributed by atoms with Crippen molar-refractivity contribution in [3.63, 3.8) is 0 Å². The highest BCUT2D eigenvalue weighted by Gasteiger charge is 2.16. The zero-order valence-electron chi connectivity index (χ0n) is 10.2. The Morgan fingerprint density at radius 1 is 1.44 bits per heavy atom. The monoisotopic (exact) mass is 237 g/mol. The van der Waals surface area contributed by atoms with Crippen LogP contribution in [0.25, 0.3) is 0 Å². The summed E-state index contributed by atoms with van der Waals surface area (Å²) in [6.07, 6.45) is 6.60. The van der Waals surface area contributed by atoms with Crippen molar-refractivity contribution in [2.24, 2.45) is 0 Å². The van der Waals surface area contributed by atoms with E-state index in [-0.39, 0.29) is 5.54 Å². The van der Waals surface area contributed by atoms with Gasteiger partial charge in [-0.15, -0.1) is 0 Å². The van der Waals surface area contributed by atoms with Crippen LogP contribution < -0.4 is 0 Å². The third-order valence-corrected chi connectivity index (χ3v) is 3.30. The maximum atomic E-state index is 8.43. The zero-order valence-corrected chi connectivity index (χ0v) is 11.0. The molecule has 0 saturated carbocycles. The first kappa shape index (κ1) is 13.1. The second-order valence-electron chi connectivity index (χ2n) is 4.71. The van der Waals surface area contributed by atoms with E-state index in [0.717, 1.165) is 23.8 Å². The molecule has 0 radical (unpaired) electrons. The number of aromatic nitrogens is 2. The largest absolute Gasteiger partial charge is 0.321 e. The van der Waals surface area contributed by atoms with Crippen molar-refractivity contribution >= 4 is 11.8 Å². The molecule has 88 valence electrons. The number of thioether (sulfide) groups is 1. The van der Waals surface area contributed by atoms with Crippen LogP contribution >= 0.6 is 11.8 Å². The highest BCUT2D eigenvalue weighted by Crippen LogP contribution is 2.24. The van der Waals surface area contributed by atoms with Gasteiger partial charge in [0.05, 0.1) is 6.07 Å². The molecule has 1 aromatic heterocycles. The lowest BCUT2D eigenvalue weighted by atomic mass is 10.1. The maximum absolute atomic E-state index is 8.43. The fourth-order valence-corrected chi connectivity index (χ4v) is 2.52. The van der Waals surface area contributed by atoms with Crippen molar-refractivity contribution in [1.29, 1.82) is 5.26 Å². The van der Waals surface area contributed by atoms with Gasteiger partial charge in [-0.1, -0.05) is 11.8 Å². The van der Waals surface area contributed by atoms with E-state index in [4.69, 9.17) is 5.26 Å². The Kier molecular flexibility index (Phi) is 4.88. The van der Waals surface area contributed by atoms with E-state index in [2.05, 4.69) is 36.4 Å². The summed E-state index contributed by atoms with van der Waals surface area (Å²) < 4.78 is 2.20. The number of nitriles is 1. The fraction of sp³-hybridized carbons (Fsp3) is 0.667. The molecular weight excluding hydrogens is 218 g/mol. The molecule has 0 aliphatic carbocycles. The lowest BCUT2D eigenvalue weighted by Crippen LogP contribution is -2.21. The summed E-state index contributed by atoms with van der Waals surface area (Å²) in [5.74, 6) is 1.04. The topological polar surface area (TPSA) is 41.6 Å². The van der Waals surface area contributed by atoms with E-state index in [1.165, 1.54) is 0 Å². The molecule has 0 unspecified atom stereocenters. The van der Waals surface area contributed by atoms with Gasteiger partial charge in [0, 0.05) is 30.1 Å². The third-order valence-electron chi connectivity index (χ3n) is 2.24. The van der Waals surface area contributed by atoms with Gasteiger partial charge in [0.1, 0.15) is 0 Å². The SMILES string of the molecule is CC(C)(C)n1ccnc1SCCCCC#N. The molecule has 0 spiro atoms. The quantitative estimate of drug-likeness (QED) is 0.582. The first-order valence-corrected chi connectivity index (χ1v) is 6.58. The molecule has 1 heterocycles. The van der Waals surface area contributed by atoms with Gasteiger partial charge in [-0.05, 0) is 33.6 Å². The molecule has 3 nitrogen and oxygen atoms in total. The molecule has 0 aliphatic rings. The van der Waals surface area contributed by atoms with E-state index in [1.807, 2.05) is 12.4 Å². The zero-order chi connectivity index (χ0) is 12.0. The number of imidazole rings is 1. The predicted octanol–water partition coefficient (Wildman–Crippen LogP) is 3.42. The number of nitrogens with zero attached hydrogens (tertiary/aromatic N) is 3. The summed E-state index contributed by atoms with van der Waals surface area (Å²) in [7, 11) is 0. The minimum atomic E-state index is 0.0888. The summed E-state index contributed by atoms with van der Waals surface area (Å²) in [6.45, 7) is 6.53. The third kappa shape index (κ3) is 3.90. The lowest BCUT2D eigenvalue weighted by molar-refractivity contribution is 0.367. The lowest BCUT2D eigenvalue weighted by Gasteiger charge is -2.22. The van der Waals surface area contributed by atoms with Crippen LogP contribution in [0.3, 0.4) is 0 Å². The Morgan fingerprint density at radius 3 is 2.81 bits per heavy atom. The Bertz CT molecular complexity index is 357. The van der Waals surface area contributed by atoms with Crippen LogP contribution in [0, 0.1) is 11.3 Å². The van der Waals surface area contributed by atoms with Crippen molar-refractivity contribution < 1.29 is 0 Å². The van der Waals surface area contributed by atoms with Gasteiger partial charge in [-0.3, -0.25) is 0 Å². The molecule has 1 aromatic rings. The van der Waals surface area contributed by atoms with Gasteiger partial charge in [0.15, 0.2) is 5.16 Å². The molecule has 1 rings (SSSR count).